The largest absolute Gasteiger partial charge is 0.394 e. The molecule has 1 aliphatic carbocycles. The number of carbonyl (C=O) groups excluding carboxylic acids is 1. The maximum absolute atomic E-state index is 12.5. The van der Waals surface area contributed by atoms with Gasteiger partial charge in [-0.2, -0.15) is 0 Å². The fourth-order valence-corrected chi connectivity index (χ4v) is 3.69. The van der Waals surface area contributed by atoms with Crippen molar-refractivity contribution in [2.75, 3.05) is 13.2 Å². The van der Waals surface area contributed by atoms with E-state index in [4.69, 9.17) is 0 Å². The van der Waals surface area contributed by atoms with Crippen LogP contribution in [0.3, 0.4) is 0 Å². The number of carbonyl (C=O) groups is 1. The van der Waals surface area contributed by atoms with Crippen molar-refractivity contribution in [2.24, 2.45) is 5.92 Å². The first-order valence-electron chi connectivity index (χ1n) is 7.87. The van der Waals surface area contributed by atoms with Crippen molar-refractivity contribution >= 4 is 6.03 Å². The molecule has 4 heteroatoms. The third-order valence-electron chi connectivity index (χ3n) is 4.88. The van der Waals surface area contributed by atoms with Gasteiger partial charge in [-0.05, 0) is 43.2 Å². The van der Waals surface area contributed by atoms with E-state index in [1.54, 1.807) is 4.90 Å². The highest BCUT2D eigenvalue weighted by molar-refractivity contribution is 5.75. The Bertz CT molecular complexity index is 544. The highest BCUT2D eigenvalue weighted by Crippen LogP contribution is 2.36. The first-order chi connectivity index (χ1) is 10.1. The second kappa shape index (κ2) is 5.68. The van der Waals surface area contributed by atoms with Crippen LogP contribution in [0, 0.1) is 12.8 Å². The summed E-state index contributed by atoms with van der Waals surface area (Å²) in [6.45, 7) is 5.08. The molecule has 1 heterocycles. The lowest BCUT2D eigenvalue weighted by Crippen LogP contribution is -2.45. The van der Waals surface area contributed by atoms with Gasteiger partial charge in [0.15, 0.2) is 0 Å². The predicted octanol–water partition coefficient (Wildman–Crippen LogP) is 2.39. The summed E-state index contributed by atoms with van der Waals surface area (Å²) in [5.74, 6) is 0.418. The van der Waals surface area contributed by atoms with Gasteiger partial charge in [0.05, 0.1) is 18.7 Å². The molecule has 4 nitrogen and oxygen atoms in total. The molecule has 1 aromatic carbocycles. The van der Waals surface area contributed by atoms with Gasteiger partial charge in [-0.25, -0.2) is 4.79 Å². The Labute approximate surface area is 126 Å². The summed E-state index contributed by atoms with van der Waals surface area (Å²) in [6, 6.07) is 6.55. The molecule has 0 aromatic heterocycles. The monoisotopic (exact) mass is 288 g/mol. The van der Waals surface area contributed by atoms with E-state index in [1.807, 2.05) is 0 Å². The van der Waals surface area contributed by atoms with Crippen molar-refractivity contribution in [3.8, 4) is 0 Å². The Morgan fingerprint density at radius 3 is 3.05 bits per heavy atom. The quantitative estimate of drug-likeness (QED) is 0.878. The van der Waals surface area contributed by atoms with Crippen molar-refractivity contribution in [3.05, 3.63) is 34.9 Å². The van der Waals surface area contributed by atoms with E-state index in [-0.39, 0.29) is 24.7 Å². The highest BCUT2D eigenvalue weighted by atomic mass is 16.3. The summed E-state index contributed by atoms with van der Waals surface area (Å²) in [7, 11) is 0. The first-order valence-corrected chi connectivity index (χ1v) is 7.87. The van der Waals surface area contributed by atoms with Crippen LogP contribution >= 0.6 is 0 Å². The third kappa shape index (κ3) is 2.64. The Kier molecular flexibility index (Phi) is 3.89. The number of hydrogen-bond acceptors (Lipinski definition) is 2. The smallest absolute Gasteiger partial charge is 0.318 e. The van der Waals surface area contributed by atoms with E-state index in [0.29, 0.717) is 5.92 Å². The number of nitrogens with one attached hydrogen (secondary N) is 1. The van der Waals surface area contributed by atoms with Gasteiger partial charge >= 0.3 is 6.03 Å². The zero-order chi connectivity index (χ0) is 15.0. The molecule has 0 spiro atoms. The fourth-order valence-electron chi connectivity index (χ4n) is 3.69. The van der Waals surface area contributed by atoms with Gasteiger partial charge in [0, 0.05) is 6.54 Å². The van der Waals surface area contributed by atoms with Crippen LogP contribution in [0.1, 0.15) is 42.5 Å². The van der Waals surface area contributed by atoms with Crippen molar-refractivity contribution < 1.29 is 9.90 Å². The van der Waals surface area contributed by atoms with Crippen LogP contribution in [-0.2, 0) is 6.42 Å². The number of amides is 2. The molecule has 0 unspecified atom stereocenters. The van der Waals surface area contributed by atoms with Gasteiger partial charge in [0.2, 0.25) is 0 Å². The zero-order valence-corrected chi connectivity index (χ0v) is 12.8. The summed E-state index contributed by atoms with van der Waals surface area (Å²) >= 11 is 0. The van der Waals surface area contributed by atoms with E-state index in [1.165, 1.54) is 16.7 Å². The molecule has 1 aliphatic heterocycles. The number of fused-ring (bicyclic) bond motifs is 1. The average Bonchev–Trinajstić information content (AvgIpc) is 3.04. The summed E-state index contributed by atoms with van der Waals surface area (Å²) in [4.78, 5) is 14.3. The van der Waals surface area contributed by atoms with Crippen LogP contribution in [0.15, 0.2) is 18.2 Å². The molecule has 114 valence electrons. The molecule has 0 bridgehead atoms. The maximum Gasteiger partial charge on any atom is 0.318 e. The molecule has 0 radical (unpaired) electrons. The number of nitrogens with zero attached hydrogens (tertiary/aromatic N) is 1. The van der Waals surface area contributed by atoms with Crippen molar-refractivity contribution in [1.29, 1.82) is 0 Å². The molecule has 3 rings (SSSR count). The van der Waals surface area contributed by atoms with Gasteiger partial charge in [-0.1, -0.05) is 30.7 Å². The van der Waals surface area contributed by atoms with Crippen LogP contribution in [0.5, 0.6) is 0 Å². The van der Waals surface area contributed by atoms with Crippen LogP contribution in [0.4, 0.5) is 4.79 Å². The lowest BCUT2D eigenvalue weighted by atomic mass is 10.0. The summed E-state index contributed by atoms with van der Waals surface area (Å²) in [5, 5.41) is 12.6. The van der Waals surface area contributed by atoms with Crippen molar-refractivity contribution in [2.45, 2.75) is 45.2 Å². The number of aliphatic hydroxyl groups is 1. The molecule has 3 atom stereocenters. The van der Waals surface area contributed by atoms with Gasteiger partial charge in [0.25, 0.3) is 0 Å². The fraction of sp³-hybridized carbons (Fsp3) is 0.588. The SMILES string of the molecule is Cc1ccc2c(c1)[C@H](NC(=O)N1CCC[C@H]1CO)[C@H](C)C2. The third-order valence-corrected chi connectivity index (χ3v) is 4.88. The number of aliphatic hydroxyl groups excluding tert-OH is 1. The van der Waals surface area contributed by atoms with E-state index in [0.717, 1.165) is 25.8 Å². The number of rotatable bonds is 2. The highest BCUT2D eigenvalue weighted by Gasteiger charge is 2.34. The minimum atomic E-state index is -0.0299. The molecule has 1 aromatic rings. The maximum atomic E-state index is 12.5. The van der Waals surface area contributed by atoms with Crippen LogP contribution < -0.4 is 5.32 Å². The molecular weight excluding hydrogens is 264 g/mol. The van der Waals surface area contributed by atoms with Crippen LogP contribution in [-0.4, -0.2) is 35.2 Å². The first kappa shape index (κ1) is 14.4. The minimum Gasteiger partial charge on any atom is -0.394 e. The van der Waals surface area contributed by atoms with Crippen LogP contribution in [0.25, 0.3) is 0 Å². The summed E-state index contributed by atoms with van der Waals surface area (Å²) < 4.78 is 0. The summed E-state index contributed by atoms with van der Waals surface area (Å²) in [6.07, 6.45) is 2.90. The standard InChI is InChI=1S/C17H24N2O2/c1-11-5-6-13-9-12(2)16(15(13)8-11)18-17(21)19-7-3-4-14(19)10-20/h5-6,8,12,14,16,20H,3-4,7,9-10H2,1-2H3,(H,18,21)/t12-,14+,16-/m1/s1. The van der Waals surface area contributed by atoms with E-state index in [9.17, 15) is 9.90 Å². The Hall–Kier alpha value is -1.55. The van der Waals surface area contributed by atoms with Gasteiger partial charge in [0.1, 0.15) is 0 Å². The molecule has 2 N–H and O–H groups in total. The topological polar surface area (TPSA) is 52.6 Å². The molecule has 2 amide bonds. The van der Waals surface area contributed by atoms with E-state index < -0.39 is 0 Å². The summed E-state index contributed by atoms with van der Waals surface area (Å²) in [5.41, 5.74) is 3.84. The average molecular weight is 288 g/mol. The molecule has 1 saturated heterocycles. The Balaban J connectivity index is 1.76. The number of benzene rings is 1. The van der Waals surface area contributed by atoms with E-state index in [2.05, 4.69) is 37.4 Å². The second-order valence-electron chi connectivity index (χ2n) is 6.48. The van der Waals surface area contributed by atoms with Crippen molar-refractivity contribution in [3.63, 3.8) is 0 Å². The van der Waals surface area contributed by atoms with Gasteiger partial charge in [-0.3, -0.25) is 0 Å². The predicted molar refractivity (Wildman–Crippen MR) is 82.1 cm³/mol. The second-order valence-corrected chi connectivity index (χ2v) is 6.48. The molecule has 21 heavy (non-hydrogen) atoms. The molecule has 0 saturated carbocycles. The number of hydrogen-bond donors (Lipinski definition) is 2. The van der Waals surface area contributed by atoms with Gasteiger partial charge < -0.3 is 15.3 Å². The lowest BCUT2D eigenvalue weighted by molar-refractivity contribution is 0.153. The number of likely N-dealkylation sites (tertiary alicyclic amines) is 1. The van der Waals surface area contributed by atoms with E-state index >= 15 is 0 Å². The number of urea groups is 1. The molecule has 1 fully saturated rings. The Morgan fingerprint density at radius 2 is 2.29 bits per heavy atom. The van der Waals surface area contributed by atoms with Crippen LogP contribution in [0.2, 0.25) is 0 Å². The molecule has 2 aliphatic rings. The minimum absolute atomic E-state index is 0.0151. The zero-order valence-electron chi connectivity index (χ0n) is 12.8. The Morgan fingerprint density at radius 1 is 1.48 bits per heavy atom. The molecular formula is C17H24N2O2. The van der Waals surface area contributed by atoms with Gasteiger partial charge in [-0.15, -0.1) is 0 Å². The normalized spacial score (nSPS) is 27.8. The lowest BCUT2D eigenvalue weighted by Gasteiger charge is -2.27. The van der Waals surface area contributed by atoms with Crippen molar-refractivity contribution in [1.82, 2.24) is 10.2 Å². The number of aryl methyl sites for hydroxylation is 1.